The van der Waals surface area contributed by atoms with E-state index in [1.165, 1.54) is 11.1 Å². The van der Waals surface area contributed by atoms with Crippen LogP contribution in [0.15, 0.2) is 42.7 Å². The summed E-state index contributed by atoms with van der Waals surface area (Å²) < 4.78 is 0. The summed E-state index contributed by atoms with van der Waals surface area (Å²) in [6.07, 6.45) is 5.64. The standard InChI is InChI=1S/C16H21N3/c1-3-9-17-15(16-18-10-4-11-19-16)12-14-7-5-13(2)6-8-14/h4-8,10-11,15,17H,3,9,12H2,1-2H3. The highest BCUT2D eigenvalue weighted by molar-refractivity contribution is 5.22. The van der Waals surface area contributed by atoms with Gasteiger partial charge in [-0.2, -0.15) is 0 Å². The molecule has 0 saturated carbocycles. The van der Waals surface area contributed by atoms with Gasteiger partial charge >= 0.3 is 0 Å². The Morgan fingerprint density at radius 3 is 2.42 bits per heavy atom. The molecule has 0 radical (unpaired) electrons. The molecule has 1 aromatic carbocycles. The summed E-state index contributed by atoms with van der Waals surface area (Å²) in [6.45, 7) is 5.26. The Balaban J connectivity index is 2.11. The van der Waals surface area contributed by atoms with Crippen molar-refractivity contribution in [3.05, 3.63) is 59.7 Å². The number of hydrogen-bond acceptors (Lipinski definition) is 3. The van der Waals surface area contributed by atoms with Crippen LogP contribution in [0.25, 0.3) is 0 Å². The third-order valence-corrected chi connectivity index (χ3v) is 3.10. The lowest BCUT2D eigenvalue weighted by molar-refractivity contribution is 0.504. The number of rotatable bonds is 6. The van der Waals surface area contributed by atoms with Crippen LogP contribution in [0, 0.1) is 6.92 Å². The summed E-state index contributed by atoms with van der Waals surface area (Å²) >= 11 is 0. The van der Waals surface area contributed by atoms with Crippen molar-refractivity contribution in [1.82, 2.24) is 15.3 Å². The molecule has 0 aliphatic rings. The average Bonchev–Trinajstić information content (AvgIpc) is 2.46. The van der Waals surface area contributed by atoms with Gasteiger partial charge in [0.25, 0.3) is 0 Å². The van der Waals surface area contributed by atoms with Gasteiger partial charge in [0.1, 0.15) is 5.82 Å². The summed E-state index contributed by atoms with van der Waals surface area (Å²) in [7, 11) is 0. The predicted molar refractivity (Wildman–Crippen MR) is 77.9 cm³/mol. The van der Waals surface area contributed by atoms with Gasteiger partial charge in [0.15, 0.2) is 0 Å². The smallest absolute Gasteiger partial charge is 0.145 e. The highest BCUT2D eigenvalue weighted by atomic mass is 15.0. The van der Waals surface area contributed by atoms with Crippen LogP contribution in [0.2, 0.25) is 0 Å². The maximum absolute atomic E-state index is 4.37. The predicted octanol–water partition coefficient (Wildman–Crippen LogP) is 3.07. The molecule has 2 rings (SSSR count). The molecule has 3 heteroatoms. The third-order valence-electron chi connectivity index (χ3n) is 3.10. The normalized spacial score (nSPS) is 12.3. The van der Waals surface area contributed by atoms with E-state index in [1.54, 1.807) is 12.4 Å². The van der Waals surface area contributed by atoms with Crippen LogP contribution in [0.5, 0.6) is 0 Å². The van der Waals surface area contributed by atoms with Gasteiger partial charge in [-0.1, -0.05) is 36.8 Å². The number of nitrogens with one attached hydrogen (secondary N) is 1. The van der Waals surface area contributed by atoms with Gasteiger partial charge in [0.05, 0.1) is 6.04 Å². The summed E-state index contributed by atoms with van der Waals surface area (Å²) in [4.78, 5) is 8.74. The molecule has 0 aliphatic heterocycles. The fourth-order valence-electron chi connectivity index (χ4n) is 2.02. The Bertz CT molecular complexity index is 479. The minimum absolute atomic E-state index is 0.184. The topological polar surface area (TPSA) is 37.8 Å². The summed E-state index contributed by atoms with van der Waals surface area (Å²) in [5.74, 6) is 0.872. The minimum atomic E-state index is 0.184. The lowest BCUT2D eigenvalue weighted by atomic mass is 10.0. The van der Waals surface area contributed by atoms with Crippen molar-refractivity contribution in [1.29, 1.82) is 0 Å². The van der Waals surface area contributed by atoms with E-state index < -0.39 is 0 Å². The molecule has 1 heterocycles. The molecule has 1 aromatic heterocycles. The summed E-state index contributed by atoms with van der Waals surface area (Å²) in [5.41, 5.74) is 2.60. The van der Waals surface area contributed by atoms with E-state index in [4.69, 9.17) is 0 Å². The third kappa shape index (κ3) is 4.14. The van der Waals surface area contributed by atoms with Gasteiger partial charge in [0, 0.05) is 12.4 Å². The average molecular weight is 255 g/mol. The fraction of sp³-hybridized carbons (Fsp3) is 0.375. The Morgan fingerprint density at radius 2 is 1.79 bits per heavy atom. The molecule has 0 spiro atoms. The molecular weight excluding hydrogens is 234 g/mol. The minimum Gasteiger partial charge on any atom is -0.307 e. The number of aryl methyl sites for hydroxylation is 1. The van der Waals surface area contributed by atoms with Crippen LogP contribution >= 0.6 is 0 Å². The van der Waals surface area contributed by atoms with Gasteiger partial charge in [0.2, 0.25) is 0 Å². The second kappa shape index (κ2) is 7.00. The Hall–Kier alpha value is -1.74. The Labute approximate surface area is 115 Å². The van der Waals surface area contributed by atoms with Crippen LogP contribution < -0.4 is 5.32 Å². The Morgan fingerprint density at radius 1 is 1.11 bits per heavy atom. The van der Waals surface area contributed by atoms with Crippen LogP contribution in [-0.2, 0) is 6.42 Å². The first-order chi connectivity index (χ1) is 9.29. The molecule has 0 saturated heterocycles. The molecule has 1 unspecified atom stereocenters. The van der Waals surface area contributed by atoms with Gasteiger partial charge in [-0.05, 0) is 37.9 Å². The van der Waals surface area contributed by atoms with E-state index in [-0.39, 0.29) is 6.04 Å². The van der Waals surface area contributed by atoms with Crippen molar-refractivity contribution < 1.29 is 0 Å². The lowest BCUT2D eigenvalue weighted by Gasteiger charge is -2.17. The van der Waals surface area contributed by atoms with Crippen molar-refractivity contribution in [2.75, 3.05) is 6.54 Å². The molecule has 3 nitrogen and oxygen atoms in total. The van der Waals surface area contributed by atoms with Crippen LogP contribution in [-0.4, -0.2) is 16.5 Å². The number of benzene rings is 1. The van der Waals surface area contributed by atoms with E-state index in [0.717, 1.165) is 25.2 Å². The van der Waals surface area contributed by atoms with E-state index in [0.29, 0.717) is 0 Å². The zero-order valence-corrected chi connectivity index (χ0v) is 11.6. The van der Waals surface area contributed by atoms with Gasteiger partial charge in [-0.15, -0.1) is 0 Å². The summed E-state index contributed by atoms with van der Waals surface area (Å²) in [6, 6.07) is 10.7. The molecule has 0 bridgehead atoms. The largest absolute Gasteiger partial charge is 0.307 e. The Kier molecular flexibility index (Phi) is 5.04. The van der Waals surface area contributed by atoms with E-state index in [2.05, 4.69) is 53.4 Å². The van der Waals surface area contributed by atoms with E-state index in [9.17, 15) is 0 Å². The quantitative estimate of drug-likeness (QED) is 0.862. The first-order valence-corrected chi connectivity index (χ1v) is 6.85. The molecular formula is C16H21N3. The molecule has 100 valence electrons. The lowest BCUT2D eigenvalue weighted by Crippen LogP contribution is -2.25. The second-order valence-electron chi connectivity index (χ2n) is 4.80. The second-order valence-corrected chi connectivity index (χ2v) is 4.80. The van der Waals surface area contributed by atoms with Crippen molar-refractivity contribution in [2.24, 2.45) is 0 Å². The molecule has 0 aliphatic carbocycles. The highest BCUT2D eigenvalue weighted by Gasteiger charge is 2.13. The van der Waals surface area contributed by atoms with Gasteiger partial charge in [-0.25, -0.2) is 9.97 Å². The van der Waals surface area contributed by atoms with Crippen molar-refractivity contribution in [3.63, 3.8) is 0 Å². The molecule has 0 fully saturated rings. The van der Waals surface area contributed by atoms with Crippen molar-refractivity contribution in [3.8, 4) is 0 Å². The first-order valence-electron chi connectivity index (χ1n) is 6.85. The molecule has 0 amide bonds. The van der Waals surface area contributed by atoms with Crippen LogP contribution in [0.3, 0.4) is 0 Å². The van der Waals surface area contributed by atoms with Crippen LogP contribution in [0.4, 0.5) is 0 Å². The number of nitrogens with zero attached hydrogens (tertiary/aromatic N) is 2. The maximum Gasteiger partial charge on any atom is 0.145 e. The van der Waals surface area contributed by atoms with Crippen molar-refractivity contribution in [2.45, 2.75) is 32.7 Å². The van der Waals surface area contributed by atoms with E-state index in [1.807, 2.05) is 6.07 Å². The van der Waals surface area contributed by atoms with Gasteiger partial charge in [-0.3, -0.25) is 0 Å². The molecule has 2 aromatic rings. The highest BCUT2D eigenvalue weighted by Crippen LogP contribution is 2.15. The maximum atomic E-state index is 4.37. The molecule has 1 atom stereocenters. The molecule has 19 heavy (non-hydrogen) atoms. The number of aromatic nitrogens is 2. The zero-order valence-electron chi connectivity index (χ0n) is 11.6. The molecule has 1 N–H and O–H groups in total. The zero-order chi connectivity index (χ0) is 13.5. The van der Waals surface area contributed by atoms with E-state index >= 15 is 0 Å². The van der Waals surface area contributed by atoms with Gasteiger partial charge < -0.3 is 5.32 Å². The fourth-order valence-corrected chi connectivity index (χ4v) is 2.02. The first kappa shape index (κ1) is 13.7. The summed E-state index contributed by atoms with van der Waals surface area (Å²) in [5, 5.41) is 3.52. The van der Waals surface area contributed by atoms with Crippen LogP contribution in [0.1, 0.15) is 36.3 Å². The number of hydrogen-bond donors (Lipinski definition) is 1. The monoisotopic (exact) mass is 255 g/mol. The SMILES string of the molecule is CCCNC(Cc1ccc(C)cc1)c1ncccn1. The van der Waals surface area contributed by atoms with Crippen molar-refractivity contribution >= 4 is 0 Å².